The molecule has 1 aliphatic heterocycles. The summed E-state index contributed by atoms with van der Waals surface area (Å²) < 4.78 is 5.50. The summed E-state index contributed by atoms with van der Waals surface area (Å²) in [6, 6.07) is 13.7. The van der Waals surface area contributed by atoms with Gasteiger partial charge >= 0.3 is 6.03 Å². The van der Waals surface area contributed by atoms with Gasteiger partial charge in [0.1, 0.15) is 11.9 Å². The average Bonchev–Trinajstić information content (AvgIpc) is 3.69. The first-order chi connectivity index (χ1) is 18.9. The van der Waals surface area contributed by atoms with Crippen LogP contribution >= 0.6 is 11.6 Å². The summed E-state index contributed by atoms with van der Waals surface area (Å²) in [5.41, 5.74) is 8.89. The summed E-state index contributed by atoms with van der Waals surface area (Å²) >= 11 is 5.90. The Bertz CT molecular complexity index is 1300. The molecule has 1 unspecified atom stereocenters. The third-order valence-corrected chi connectivity index (χ3v) is 7.83. The van der Waals surface area contributed by atoms with Crippen molar-refractivity contribution in [3.63, 3.8) is 0 Å². The van der Waals surface area contributed by atoms with E-state index < -0.39 is 17.6 Å². The first-order valence-corrected chi connectivity index (χ1v) is 13.6. The Labute approximate surface area is 233 Å². The highest BCUT2D eigenvalue weighted by atomic mass is 35.5. The second kappa shape index (κ2) is 11.7. The molecule has 5 rings (SSSR count). The van der Waals surface area contributed by atoms with E-state index in [4.69, 9.17) is 22.1 Å². The van der Waals surface area contributed by atoms with Crippen LogP contribution in [0.1, 0.15) is 43.2 Å². The van der Waals surface area contributed by atoms with E-state index in [9.17, 15) is 9.59 Å². The molecule has 0 spiro atoms. The minimum absolute atomic E-state index is 0.262. The van der Waals surface area contributed by atoms with E-state index >= 15 is 0 Å². The normalized spacial score (nSPS) is 20.3. The van der Waals surface area contributed by atoms with Crippen LogP contribution in [0.3, 0.4) is 0 Å². The number of hydrogen-bond acceptors (Lipinski definition) is 6. The second-order valence-electron chi connectivity index (χ2n) is 10.3. The Morgan fingerprint density at radius 3 is 2.62 bits per heavy atom. The van der Waals surface area contributed by atoms with Crippen molar-refractivity contribution in [3.05, 3.63) is 83.3 Å². The standard InChI is InChI=1S/C29H33ClN6O3/c1-39-24-16-25(36(18-24)28(38)35-26-8-7-22(30)17-33-26)27(37)34-23-4-2-3-21(15-23)29(31,12-9-19-5-6-19)20-10-13-32-14-11-20/h2-4,7-8,10-11,13-15,17,19,24-25H,5-6,9,12,16,18,31H2,1H3,(H,34,37)(H,33,35,38)/t24-,25-,29?/m1/s1. The van der Waals surface area contributed by atoms with Crippen LogP contribution in [0.4, 0.5) is 16.3 Å². The molecule has 4 N–H and O–H groups in total. The molecule has 2 fully saturated rings. The van der Waals surface area contributed by atoms with Gasteiger partial charge in [-0.1, -0.05) is 36.6 Å². The Morgan fingerprint density at radius 1 is 1.13 bits per heavy atom. The number of hydrogen-bond donors (Lipinski definition) is 3. The van der Waals surface area contributed by atoms with Crippen LogP contribution < -0.4 is 16.4 Å². The number of urea groups is 1. The number of methoxy groups -OCH3 is 1. The van der Waals surface area contributed by atoms with Gasteiger partial charge in [-0.2, -0.15) is 0 Å². The zero-order chi connectivity index (χ0) is 27.4. The minimum Gasteiger partial charge on any atom is -0.380 e. The van der Waals surface area contributed by atoms with Crippen molar-refractivity contribution in [3.8, 4) is 0 Å². The van der Waals surface area contributed by atoms with Crippen LogP contribution in [0.25, 0.3) is 0 Å². The van der Waals surface area contributed by atoms with Crippen LogP contribution in [0.15, 0.2) is 67.1 Å². The molecule has 9 nitrogen and oxygen atoms in total. The summed E-state index contributed by atoms with van der Waals surface area (Å²) in [5, 5.41) is 6.21. The second-order valence-corrected chi connectivity index (χ2v) is 10.7. The monoisotopic (exact) mass is 548 g/mol. The van der Waals surface area contributed by atoms with Gasteiger partial charge in [0.15, 0.2) is 0 Å². The highest BCUT2D eigenvalue weighted by molar-refractivity contribution is 6.30. The number of amides is 3. The molecule has 204 valence electrons. The zero-order valence-electron chi connectivity index (χ0n) is 21.8. The summed E-state index contributed by atoms with van der Waals surface area (Å²) in [4.78, 5) is 36.3. The van der Waals surface area contributed by atoms with Crippen molar-refractivity contribution in [2.75, 3.05) is 24.3 Å². The number of rotatable bonds is 9. The predicted octanol–water partition coefficient (Wildman–Crippen LogP) is 4.78. The quantitative estimate of drug-likeness (QED) is 0.353. The molecule has 2 aliphatic rings. The van der Waals surface area contributed by atoms with E-state index in [1.165, 1.54) is 23.9 Å². The van der Waals surface area contributed by atoms with Crippen LogP contribution in [0.2, 0.25) is 5.02 Å². The van der Waals surface area contributed by atoms with Gasteiger partial charge in [0.2, 0.25) is 5.91 Å². The first-order valence-electron chi connectivity index (χ1n) is 13.2. The number of carbonyl (C=O) groups excluding carboxylic acids is 2. The molecule has 10 heteroatoms. The maximum Gasteiger partial charge on any atom is 0.323 e. The molecule has 1 aromatic carbocycles. The van der Waals surface area contributed by atoms with E-state index in [-0.39, 0.29) is 18.6 Å². The van der Waals surface area contributed by atoms with Gasteiger partial charge in [0.25, 0.3) is 0 Å². The van der Waals surface area contributed by atoms with Gasteiger partial charge in [-0.25, -0.2) is 9.78 Å². The van der Waals surface area contributed by atoms with Crippen LogP contribution in [0, 0.1) is 5.92 Å². The summed E-state index contributed by atoms with van der Waals surface area (Å²) in [7, 11) is 1.58. The number of halogens is 1. The molecular formula is C29H33ClN6O3. The molecule has 3 amide bonds. The number of carbonyl (C=O) groups is 2. The molecule has 2 aromatic heterocycles. The number of pyridine rings is 2. The zero-order valence-corrected chi connectivity index (χ0v) is 22.6. The lowest BCUT2D eigenvalue weighted by atomic mass is 9.80. The molecule has 1 saturated carbocycles. The van der Waals surface area contributed by atoms with Crippen LogP contribution in [-0.2, 0) is 15.1 Å². The fraction of sp³-hybridized carbons (Fsp3) is 0.379. The van der Waals surface area contributed by atoms with Gasteiger partial charge in [-0.05, 0) is 66.3 Å². The molecule has 3 atom stereocenters. The topological polar surface area (TPSA) is 122 Å². The number of aromatic nitrogens is 2. The third-order valence-electron chi connectivity index (χ3n) is 7.61. The Hall–Kier alpha value is -3.53. The largest absolute Gasteiger partial charge is 0.380 e. The van der Waals surface area contributed by atoms with Gasteiger partial charge < -0.3 is 20.7 Å². The number of nitrogens with zero attached hydrogens (tertiary/aromatic N) is 3. The number of benzene rings is 1. The van der Waals surface area contributed by atoms with Crippen molar-refractivity contribution in [2.45, 2.75) is 49.8 Å². The lowest BCUT2D eigenvalue weighted by Crippen LogP contribution is -2.45. The van der Waals surface area contributed by atoms with Gasteiger partial charge in [-0.15, -0.1) is 0 Å². The Kier molecular flexibility index (Phi) is 8.11. The van der Waals surface area contributed by atoms with Crippen LogP contribution in [-0.4, -0.2) is 52.6 Å². The fourth-order valence-corrected chi connectivity index (χ4v) is 5.23. The van der Waals surface area contributed by atoms with E-state index in [0.29, 0.717) is 22.9 Å². The van der Waals surface area contributed by atoms with Crippen molar-refractivity contribution in [1.82, 2.24) is 14.9 Å². The Balaban J connectivity index is 1.33. The van der Waals surface area contributed by atoms with Crippen LogP contribution in [0.5, 0.6) is 0 Å². The fourth-order valence-electron chi connectivity index (χ4n) is 5.12. The number of ether oxygens (including phenoxy) is 1. The summed E-state index contributed by atoms with van der Waals surface area (Å²) in [6.07, 6.45) is 9.42. The van der Waals surface area contributed by atoms with Crippen molar-refractivity contribution < 1.29 is 14.3 Å². The van der Waals surface area contributed by atoms with E-state index in [1.54, 1.807) is 31.6 Å². The number of nitrogens with two attached hydrogens (primary N) is 1. The van der Waals surface area contributed by atoms with Gasteiger partial charge in [0, 0.05) is 44.4 Å². The van der Waals surface area contributed by atoms with Crippen molar-refractivity contribution in [2.24, 2.45) is 11.7 Å². The summed E-state index contributed by atoms with van der Waals surface area (Å²) in [6.45, 7) is 0.281. The average molecular weight is 549 g/mol. The van der Waals surface area contributed by atoms with Crippen molar-refractivity contribution >= 4 is 35.0 Å². The molecule has 1 saturated heterocycles. The minimum atomic E-state index is -0.719. The lowest BCUT2D eigenvalue weighted by molar-refractivity contribution is -0.119. The highest BCUT2D eigenvalue weighted by Gasteiger charge is 2.40. The first kappa shape index (κ1) is 27.1. The number of likely N-dealkylation sites (tertiary alicyclic amines) is 1. The van der Waals surface area contributed by atoms with Gasteiger partial charge in [-0.3, -0.25) is 15.1 Å². The maximum absolute atomic E-state index is 13.5. The van der Waals surface area contributed by atoms with E-state index in [1.807, 2.05) is 36.4 Å². The smallest absolute Gasteiger partial charge is 0.323 e. The molecule has 1 aliphatic carbocycles. The SMILES string of the molecule is CO[C@@H]1C[C@H](C(=O)Nc2cccc(C(N)(CCC3CC3)c3ccncc3)c2)N(C(=O)Nc2ccc(Cl)cn2)C1. The number of anilines is 2. The maximum atomic E-state index is 13.5. The molecule has 39 heavy (non-hydrogen) atoms. The molecule has 3 aromatic rings. The van der Waals surface area contributed by atoms with Gasteiger partial charge in [0.05, 0.1) is 16.7 Å². The molecule has 0 bridgehead atoms. The molecule has 3 heterocycles. The highest BCUT2D eigenvalue weighted by Crippen LogP contribution is 2.40. The Morgan fingerprint density at radius 2 is 1.92 bits per heavy atom. The number of nitrogens with one attached hydrogen (secondary N) is 2. The predicted molar refractivity (Wildman–Crippen MR) is 150 cm³/mol. The van der Waals surface area contributed by atoms with E-state index in [2.05, 4.69) is 20.6 Å². The van der Waals surface area contributed by atoms with Crippen molar-refractivity contribution in [1.29, 1.82) is 0 Å². The molecule has 0 radical (unpaired) electrons. The third kappa shape index (κ3) is 6.38. The van der Waals surface area contributed by atoms with E-state index in [0.717, 1.165) is 29.9 Å². The summed E-state index contributed by atoms with van der Waals surface area (Å²) in [5.74, 6) is 0.781. The molecular weight excluding hydrogens is 516 g/mol. The lowest BCUT2D eigenvalue weighted by Gasteiger charge is -2.31.